The molecule has 0 radical (unpaired) electrons. The molecule has 7 nitrogen and oxygen atoms in total. The van der Waals surface area contributed by atoms with Gasteiger partial charge in [-0.1, -0.05) is 36.4 Å². The molecule has 30 heavy (non-hydrogen) atoms. The van der Waals surface area contributed by atoms with E-state index in [1.165, 1.54) is 0 Å². The van der Waals surface area contributed by atoms with E-state index >= 15 is 0 Å². The number of carbonyl (C=O) groups excluding carboxylic acids is 3. The number of rotatable bonds is 8. The van der Waals surface area contributed by atoms with Crippen LogP contribution in [0.3, 0.4) is 0 Å². The molecule has 1 fully saturated rings. The van der Waals surface area contributed by atoms with Crippen LogP contribution < -0.4 is 16.0 Å². The average Bonchev–Trinajstić information content (AvgIpc) is 2.76. The summed E-state index contributed by atoms with van der Waals surface area (Å²) in [5.74, 6) is -0.556. The van der Waals surface area contributed by atoms with Crippen molar-refractivity contribution < 1.29 is 14.4 Å². The number of hydrogen-bond donors (Lipinski definition) is 2. The Kier molecular flexibility index (Phi) is 7.57. The van der Waals surface area contributed by atoms with Gasteiger partial charge in [0.05, 0.1) is 6.54 Å². The molecule has 1 heterocycles. The molecular weight excluding hydrogens is 380 g/mol. The monoisotopic (exact) mass is 408 g/mol. The van der Waals surface area contributed by atoms with Crippen molar-refractivity contribution in [3.63, 3.8) is 0 Å². The second-order valence-corrected chi connectivity index (χ2v) is 7.49. The number of benzene rings is 2. The Morgan fingerprint density at radius 2 is 1.57 bits per heavy atom. The maximum atomic E-state index is 12.9. The average molecular weight is 409 g/mol. The summed E-state index contributed by atoms with van der Waals surface area (Å²) >= 11 is 0. The van der Waals surface area contributed by atoms with Crippen molar-refractivity contribution in [1.82, 2.24) is 10.2 Å². The van der Waals surface area contributed by atoms with Crippen molar-refractivity contribution in [3.8, 4) is 0 Å². The molecule has 0 atom stereocenters. The molecule has 0 spiro atoms. The Morgan fingerprint density at radius 1 is 0.967 bits per heavy atom. The van der Waals surface area contributed by atoms with Crippen LogP contribution in [0.1, 0.15) is 29.6 Å². The van der Waals surface area contributed by atoms with Gasteiger partial charge >= 0.3 is 0 Å². The molecule has 3 rings (SSSR count). The summed E-state index contributed by atoms with van der Waals surface area (Å²) < 4.78 is 0. The van der Waals surface area contributed by atoms with Gasteiger partial charge in [-0.25, -0.2) is 0 Å². The molecule has 0 aromatic heterocycles. The Morgan fingerprint density at radius 3 is 2.17 bits per heavy atom. The Labute approximate surface area is 176 Å². The van der Waals surface area contributed by atoms with Gasteiger partial charge in [0, 0.05) is 43.3 Å². The molecule has 1 saturated heterocycles. The molecule has 0 bridgehead atoms. The summed E-state index contributed by atoms with van der Waals surface area (Å²) in [6.45, 7) is 1.99. The van der Waals surface area contributed by atoms with Crippen LogP contribution in [0.4, 0.5) is 5.69 Å². The molecule has 3 amide bonds. The van der Waals surface area contributed by atoms with Crippen molar-refractivity contribution in [1.29, 1.82) is 0 Å². The molecule has 2 aromatic carbocycles. The normalized spacial score (nSPS) is 14.8. The Balaban J connectivity index is 1.51. The molecule has 1 aliphatic heterocycles. The lowest BCUT2D eigenvalue weighted by Gasteiger charge is -2.33. The fourth-order valence-electron chi connectivity index (χ4n) is 3.60. The second-order valence-electron chi connectivity index (χ2n) is 7.49. The van der Waals surface area contributed by atoms with Crippen LogP contribution in [0.2, 0.25) is 0 Å². The summed E-state index contributed by atoms with van der Waals surface area (Å²) in [7, 11) is 0. The molecule has 7 heteroatoms. The highest BCUT2D eigenvalue weighted by Gasteiger charge is 2.25. The van der Waals surface area contributed by atoms with Crippen molar-refractivity contribution in [2.45, 2.75) is 25.3 Å². The van der Waals surface area contributed by atoms with E-state index in [1.54, 1.807) is 17.0 Å². The molecule has 0 unspecified atom stereocenters. The minimum Gasteiger partial charge on any atom is -0.370 e. The van der Waals surface area contributed by atoms with E-state index < -0.39 is 5.91 Å². The number of piperidine rings is 1. The van der Waals surface area contributed by atoms with Crippen molar-refractivity contribution in [2.75, 3.05) is 31.1 Å². The molecule has 1 aliphatic rings. The number of hydrogen-bond acceptors (Lipinski definition) is 4. The van der Waals surface area contributed by atoms with Crippen LogP contribution in [0.25, 0.3) is 0 Å². The first-order valence-corrected chi connectivity index (χ1v) is 10.2. The molecule has 2 aromatic rings. The lowest BCUT2D eigenvalue weighted by molar-refractivity contribution is -0.120. The zero-order chi connectivity index (χ0) is 21.3. The van der Waals surface area contributed by atoms with Crippen molar-refractivity contribution in [3.05, 3.63) is 66.2 Å². The van der Waals surface area contributed by atoms with E-state index in [9.17, 15) is 14.4 Å². The lowest BCUT2D eigenvalue weighted by atomic mass is 10.0. The van der Waals surface area contributed by atoms with Crippen LogP contribution in [0, 0.1) is 0 Å². The van der Waals surface area contributed by atoms with Gasteiger partial charge in [0.15, 0.2) is 0 Å². The van der Waals surface area contributed by atoms with Gasteiger partial charge in [-0.3, -0.25) is 19.3 Å². The summed E-state index contributed by atoms with van der Waals surface area (Å²) in [6.07, 6.45) is 1.70. The van der Waals surface area contributed by atoms with Gasteiger partial charge in [-0.15, -0.1) is 0 Å². The predicted octanol–water partition coefficient (Wildman–Crippen LogP) is 1.79. The predicted molar refractivity (Wildman–Crippen MR) is 116 cm³/mol. The number of likely N-dealkylation sites (tertiary alicyclic amines) is 1. The number of primary amides is 1. The van der Waals surface area contributed by atoms with Crippen LogP contribution in [-0.4, -0.2) is 54.8 Å². The first-order chi connectivity index (χ1) is 14.5. The van der Waals surface area contributed by atoms with E-state index in [-0.39, 0.29) is 37.4 Å². The van der Waals surface area contributed by atoms with Gasteiger partial charge in [0.1, 0.15) is 0 Å². The fraction of sp³-hybridized carbons (Fsp3) is 0.348. The summed E-state index contributed by atoms with van der Waals surface area (Å²) in [4.78, 5) is 40.2. The van der Waals surface area contributed by atoms with Crippen molar-refractivity contribution in [2.24, 2.45) is 5.73 Å². The topological polar surface area (TPSA) is 95.7 Å². The number of anilines is 1. The fourth-order valence-corrected chi connectivity index (χ4v) is 3.60. The molecule has 0 aliphatic carbocycles. The van der Waals surface area contributed by atoms with E-state index in [0.717, 1.165) is 31.6 Å². The quantitative estimate of drug-likeness (QED) is 0.696. The standard InChI is InChI=1S/C23H28N4O3/c24-21(28)13-16-27(20-9-5-2-6-10-20)22(29)17-26-14-11-19(12-15-26)25-23(30)18-7-3-1-4-8-18/h1-10,19H,11-17H2,(H2,24,28)(H,25,30). The number of nitrogens with two attached hydrogens (primary N) is 1. The smallest absolute Gasteiger partial charge is 0.251 e. The molecule has 158 valence electrons. The minimum atomic E-state index is -0.432. The van der Waals surface area contributed by atoms with Gasteiger partial charge in [0.25, 0.3) is 5.91 Å². The number of carbonyl (C=O) groups is 3. The van der Waals surface area contributed by atoms with E-state index in [0.29, 0.717) is 5.56 Å². The lowest BCUT2D eigenvalue weighted by Crippen LogP contribution is -2.48. The van der Waals surface area contributed by atoms with Crippen molar-refractivity contribution >= 4 is 23.4 Å². The first-order valence-electron chi connectivity index (χ1n) is 10.2. The van der Waals surface area contributed by atoms with Crippen LogP contribution in [0.15, 0.2) is 60.7 Å². The summed E-state index contributed by atoms with van der Waals surface area (Å²) in [5, 5.41) is 3.08. The maximum absolute atomic E-state index is 12.9. The SMILES string of the molecule is NC(=O)CCN(C(=O)CN1CCC(NC(=O)c2ccccc2)CC1)c1ccccc1. The molecule has 0 saturated carbocycles. The number of nitrogens with zero attached hydrogens (tertiary/aromatic N) is 2. The molecule has 3 N–H and O–H groups in total. The van der Waals surface area contributed by atoms with E-state index in [1.807, 2.05) is 48.5 Å². The largest absolute Gasteiger partial charge is 0.370 e. The third-order valence-electron chi connectivity index (χ3n) is 5.27. The summed E-state index contributed by atoms with van der Waals surface area (Å²) in [5.41, 5.74) is 6.69. The van der Waals surface area contributed by atoms with Gasteiger partial charge in [0.2, 0.25) is 11.8 Å². The summed E-state index contributed by atoms with van der Waals surface area (Å²) in [6, 6.07) is 18.6. The maximum Gasteiger partial charge on any atom is 0.251 e. The molecular formula is C23H28N4O3. The number of nitrogens with one attached hydrogen (secondary N) is 1. The highest BCUT2D eigenvalue weighted by Crippen LogP contribution is 2.16. The first kappa shape index (κ1) is 21.5. The number of amides is 3. The van der Waals surface area contributed by atoms with E-state index in [2.05, 4.69) is 10.2 Å². The van der Waals surface area contributed by atoms with Gasteiger partial charge < -0.3 is 16.0 Å². The van der Waals surface area contributed by atoms with Crippen LogP contribution in [-0.2, 0) is 9.59 Å². The highest BCUT2D eigenvalue weighted by molar-refractivity contribution is 5.95. The Hall–Kier alpha value is -3.19. The van der Waals surface area contributed by atoms with Gasteiger partial charge in [-0.2, -0.15) is 0 Å². The zero-order valence-corrected chi connectivity index (χ0v) is 17.0. The second kappa shape index (κ2) is 10.5. The minimum absolute atomic E-state index is 0.0609. The van der Waals surface area contributed by atoms with Gasteiger partial charge in [-0.05, 0) is 37.1 Å². The third-order valence-corrected chi connectivity index (χ3v) is 5.27. The van der Waals surface area contributed by atoms with Crippen LogP contribution >= 0.6 is 0 Å². The highest BCUT2D eigenvalue weighted by atomic mass is 16.2. The van der Waals surface area contributed by atoms with Crippen LogP contribution in [0.5, 0.6) is 0 Å². The zero-order valence-electron chi connectivity index (χ0n) is 17.0. The third kappa shape index (κ3) is 6.15. The Bertz CT molecular complexity index is 849. The number of para-hydroxylation sites is 1. The van der Waals surface area contributed by atoms with E-state index in [4.69, 9.17) is 5.73 Å².